The van der Waals surface area contributed by atoms with E-state index in [9.17, 15) is 4.79 Å². The molecule has 3 rings (SSSR count). The molecule has 0 bridgehead atoms. The van der Waals surface area contributed by atoms with Gasteiger partial charge in [0, 0.05) is 38.3 Å². The number of piperidine rings is 2. The molecule has 2 heterocycles. The van der Waals surface area contributed by atoms with Crippen LogP contribution in [-0.2, 0) is 4.79 Å². The van der Waals surface area contributed by atoms with E-state index in [4.69, 9.17) is 9.47 Å². The number of ether oxygens (including phenoxy) is 2. The zero-order valence-electron chi connectivity index (χ0n) is 17.7. The molecule has 2 aliphatic rings. The molecule has 1 amide bonds. The number of carbonyl (C=O) groups excluding carboxylic acids is 1. The van der Waals surface area contributed by atoms with E-state index in [1.165, 1.54) is 6.42 Å². The van der Waals surface area contributed by atoms with E-state index in [0.29, 0.717) is 29.4 Å². The average Bonchev–Trinajstić information content (AvgIpc) is 2.70. The molecule has 0 aromatic heterocycles. The summed E-state index contributed by atoms with van der Waals surface area (Å²) in [6.45, 7) is 8.83. The molecule has 2 saturated heterocycles. The normalized spacial score (nSPS) is 23.1. The van der Waals surface area contributed by atoms with Crippen LogP contribution in [0.3, 0.4) is 0 Å². The highest BCUT2D eigenvalue weighted by Crippen LogP contribution is 2.32. The minimum absolute atomic E-state index is 0.127. The lowest BCUT2D eigenvalue weighted by Crippen LogP contribution is -2.55. The van der Waals surface area contributed by atoms with Crippen molar-refractivity contribution < 1.29 is 14.3 Å². The molecule has 5 nitrogen and oxygen atoms in total. The Kier molecular flexibility index (Phi) is 7.00. The number of hydrogen-bond donors (Lipinski definition) is 0. The van der Waals surface area contributed by atoms with Crippen LogP contribution < -0.4 is 9.47 Å². The highest BCUT2D eigenvalue weighted by molar-refractivity contribution is 5.92. The van der Waals surface area contributed by atoms with Crippen molar-refractivity contribution in [1.82, 2.24) is 9.80 Å². The summed E-state index contributed by atoms with van der Waals surface area (Å²) in [4.78, 5) is 17.6. The van der Waals surface area contributed by atoms with Gasteiger partial charge in [-0.3, -0.25) is 4.79 Å². The quantitative estimate of drug-likeness (QED) is 0.700. The molecular formula is C23H34N2O3. The van der Waals surface area contributed by atoms with E-state index in [1.54, 1.807) is 20.3 Å². The van der Waals surface area contributed by atoms with Crippen LogP contribution in [0.4, 0.5) is 0 Å². The van der Waals surface area contributed by atoms with Crippen molar-refractivity contribution in [2.75, 3.05) is 40.4 Å². The lowest BCUT2D eigenvalue weighted by atomic mass is 9.83. The average molecular weight is 387 g/mol. The van der Waals surface area contributed by atoms with Gasteiger partial charge in [0.15, 0.2) is 11.5 Å². The lowest BCUT2D eigenvalue weighted by molar-refractivity contribution is -0.133. The van der Waals surface area contributed by atoms with Crippen LogP contribution in [-0.4, -0.2) is 62.1 Å². The van der Waals surface area contributed by atoms with Crippen molar-refractivity contribution >= 4 is 12.0 Å². The molecule has 0 unspecified atom stereocenters. The number of methoxy groups -OCH3 is 2. The van der Waals surface area contributed by atoms with Crippen molar-refractivity contribution in [2.24, 2.45) is 11.8 Å². The highest BCUT2D eigenvalue weighted by atomic mass is 16.5. The zero-order valence-corrected chi connectivity index (χ0v) is 17.7. The smallest absolute Gasteiger partial charge is 0.246 e. The Bertz CT molecular complexity index is 701. The molecule has 1 aromatic carbocycles. The number of nitrogens with zero attached hydrogens (tertiary/aromatic N) is 2. The van der Waals surface area contributed by atoms with Crippen LogP contribution >= 0.6 is 0 Å². The third-order valence-electron chi connectivity index (χ3n) is 5.88. The second-order valence-corrected chi connectivity index (χ2v) is 8.39. The summed E-state index contributed by atoms with van der Waals surface area (Å²) in [6, 6.07) is 6.09. The first kappa shape index (κ1) is 20.7. The Hall–Kier alpha value is -2.01. The van der Waals surface area contributed by atoms with Gasteiger partial charge >= 0.3 is 0 Å². The van der Waals surface area contributed by atoms with Gasteiger partial charge in [0.1, 0.15) is 0 Å². The predicted molar refractivity (Wildman–Crippen MR) is 113 cm³/mol. The Morgan fingerprint density at radius 2 is 1.96 bits per heavy atom. The molecule has 28 heavy (non-hydrogen) atoms. The SMILES string of the molecule is COc1ccc(C=CC(=O)N2CCC[C@@H]3CN(CC(C)C)CC[C@@H]32)cc1OC. The van der Waals surface area contributed by atoms with Gasteiger partial charge in [-0.15, -0.1) is 0 Å². The topological polar surface area (TPSA) is 42.0 Å². The number of rotatable bonds is 6. The fraction of sp³-hybridized carbons (Fsp3) is 0.609. The van der Waals surface area contributed by atoms with E-state index in [1.807, 2.05) is 24.3 Å². The van der Waals surface area contributed by atoms with E-state index in [-0.39, 0.29) is 5.91 Å². The summed E-state index contributed by atoms with van der Waals surface area (Å²) in [7, 11) is 3.24. The van der Waals surface area contributed by atoms with E-state index < -0.39 is 0 Å². The first-order valence-corrected chi connectivity index (χ1v) is 10.4. The summed E-state index contributed by atoms with van der Waals surface area (Å²) < 4.78 is 10.6. The van der Waals surface area contributed by atoms with E-state index in [0.717, 1.165) is 44.6 Å². The van der Waals surface area contributed by atoms with Crippen LogP contribution in [0.2, 0.25) is 0 Å². The molecule has 0 aliphatic carbocycles. The minimum atomic E-state index is 0.127. The Morgan fingerprint density at radius 1 is 1.18 bits per heavy atom. The molecular weight excluding hydrogens is 352 g/mol. The van der Waals surface area contributed by atoms with E-state index >= 15 is 0 Å². The van der Waals surface area contributed by atoms with Gasteiger partial charge in [0.25, 0.3) is 0 Å². The van der Waals surface area contributed by atoms with Crippen LogP contribution in [0.25, 0.3) is 6.08 Å². The molecule has 2 atom stereocenters. The maximum atomic E-state index is 12.9. The standard InChI is InChI=1S/C23H34N2O3/c1-17(2)15-24-13-11-20-19(16-24)6-5-12-25(20)23(26)10-8-18-7-9-21(27-3)22(14-18)28-4/h7-10,14,17,19-20H,5-6,11-13,15-16H2,1-4H3/t19-,20+/m1/s1. The third kappa shape index (κ3) is 4.88. The number of amides is 1. The molecule has 0 radical (unpaired) electrons. The molecule has 2 fully saturated rings. The maximum absolute atomic E-state index is 12.9. The highest BCUT2D eigenvalue weighted by Gasteiger charge is 2.37. The first-order chi connectivity index (χ1) is 13.5. The number of likely N-dealkylation sites (tertiary alicyclic amines) is 2. The summed E-state index contributed by atoms with van der Waals surface area (Å²) in [5, 5.41) is 0. The molecule has 0 spiro atoms. The number of carbonyl (C=O) groups is 1. The maximum Gasteiger partial charge on any atom is 0.246 e. The fourth-order valence-corrected chi connectivity index (χ4v) is 4.65. The zero-order chi connectivity index (χ0) is 20.1. The van der Waals surface area contributed by atoms with Gasteiger partial charge in [0.05, 0.1) is 14.2 Å². The molecule has 5 heteroatoms. The van der Waals surface area contributed by atoms with Crippen LogP contribution in [0.5, 0.6) is 11.5 Å². The fourth-order valence-electron chi connectivity index (χ4n) is 4.65. The van der Waals surface area contributed by atoms with Crippen LogP contribution in [0.1, 0.15) is 38.7 Å². The van der Waals surface area contributed by atoms with Crippen molar-refractivity contribution in [2.45, 2.75) is 39.2 Å². The monoisotopic (exact) mass is 386 g/mol. The minimum Gasteiger partial charge on any atom is -0.493 e. The Labute approximate surface area is 169 Å². The van der Waals surface area contributed by atoms with Crippen LogP contribution in [0, 0.1) is 11.8 Å². The summed E-state index contributed by atoms with van der Waals surface area (Å²) >= 11 is 0. The number of fused-ring (bicyclic) bond motifs is 1. The summed E-state index contributed by atoms with van der Waals surface area (Å²) in [6.07, 6.45) is 7.02. The largest absolute Gasteiger partial charge is 0.493 e. The molecule has 0 saturated carbocycles. The predicted octanol–water partition coefficient (Wildman–Crippen LogP) is 3.69. The second kappa shape index (κ2) is 9.46. The molecule has 1 aromatic rings. The second-order valence-electron chi connectivity index (χ2n) is 8.39. The van der Waals surface area contributed by atoms with Crippen molar-refractivity contribution in [3.05, 3.63) is 29.8 Å². The van der Waals surface area contributed by atoms with Crippen molar-refractivity contribution in [3.8, 4) is 11.5 Å². The van der Waals surface area contributed by atoms with Gasteiger partial charge in [-0.2, -0.15) is 0 Å². The van der Waals surface area contributed by atoms with Gasteiger partial charge in [-0.1, -0.05) is 19.9 Å². The Morgan fingerprint density at radius 3 is 2.68 bits per heavy atom. The van der Waals surface area contributed by atoms with Gasteiger partial charge in [-0.25, -0.2) is 0 Å². The number of hydrogen-bond acceptors (Lipinski definition) is 4. The third-order valence-corrected chi connectivity index (χ3v) is 5.88. The molecule has 2 aliphatic heterocycles. The van der Waals surface area contributed by atoms with Crippen LogP contribution in [0.15, 0.2) is 24.3 Å². The van der Waals surface area contributed by atoms with Gasteiger partial charge in [0.2, 0.25) is 5.91 Å². The van der Waals surface area contributed by atoms with Gasteiger partial charge in [-0.05, 0) is 54.9 Å². The van der Waals surface area contributed by atoms with Crippen molar-refractivity contribution in [3.63, 3.8) is 0 Å². The Balaban J connectivity index is 1.65. The molecule has 0 N–H and O–H groups in total. The molecule has 154 valence electrons. The van der Waals surface area contributed by atoms with Gasteiger partial charge < -0.3 is 19.3 Å². The van der Waals surface area contributed by atoms with E-state index in [2.05, 4.69) is 23.6 Å². The first-order valence-electron chi connectivity index (χ1n) is 10.4. The van der Waals surface area contributed by atoms with Crippen molar-refractivity contribution in [1.29, 1.82) is 0 Å². The lowest BCUT2D eigenvalue weighted by Gasteiger charge is -2.47. The summed E-state index contributed by atoms with van der Waals surface area (Å²) in [5.41, 5.74) is 0.936. The number of benzene rings is 1. The summed E-state index contributed by atoms with van der Waals surface area (Å²) in [5.74, 6) is 2.80.